The monoisotopic (exact) mass is 160 g/mol. The van der Waals surface area contributed by atoms with Gasteiger partial charge in [0.25, 0.3) is 11.8 Å². The summed E-state index contributed by atoms with van der Waals surface area (Å²) in [7, 11) is 1.47. The average molecular weight is 160 g/mol. The molecule has 3 nitrogen and oxygen atoms in total. The first-order valence-electron chi connectivity index (χ1n) is 3.55. The van der Waals surface area contributed by atoms with Crippen LogP contribution in [0.25, 0.3) is 0 Å². The first-order valence-corrected chi connectivity index (χ1v) is 3.55. The standard InChI is InChI=1S/C9H6NO2/c1-10-8(11)6-4-2-3-5-7(6)9(10)12/h2-4H,1H3. The Kier molecular flexibility index (Phi) is 1.27. The minimum atomic E-state index is -0.268. The van der Waals surface area contributed by atoms with Crippen molar-refractivity contribution in [3.63, 3.8) is 0 Å². The van der Waals surface area contributed by atoms with Crippen LogP contribution in [0.3, 0.4) is 0 Å². The lowest BCUT2D eigenvalue weighted by atomic mass is 10.1. The van der Waals surface area contributed by atoms with Crippen molar-refractivity contribution in [3.05, 3.63) is 35.4 Å². The van der Waals surface area contributed by atoms with Gasteiger partial charge in [-0.25, -0.2) is 0 Å². The van der Waals surface area contributed by atoms with Crippen LogP contribution >= 0.6 is 0 Å². The Labute approximate surface area is 69.6 Å². The summed E-state index contributed by atoms with van der Waals surface area (Å²) in [4.78, 5) is 23.7. The van der Waals surface area contributed by atoms with Crippen molar-refractivity contribution in [2.75, 3.05) is 7.05 Å². The summed E-state index contributed by atoms with van der Waals surface area (Å²) < 4.78 is 0. The fraction of sp³-hybridized carbons (Fsp3) is 0.111. The molecule has 0 saturated carbocycles. The van der Waals surface area contributed by atoms with E-state index in [1.807, 2.05) is 0 Å². The molecule has 3 heteroatoms. The second-order valence-electron chi connectivity index (χ2n) is 2.63. The Balaban J connectivity index is 2.67. The molecule has 0 fully saturated rings. The highest BCUT2D eigenvalue weighted by Gasteiger charge is 2.31. The van der Waals surface area contributed by atoms with Gasteiger partial charge in [0.2, 0.25) is 0 Å². The van der Waals surface area contributed by atoms with E-state index >= 15 is 0 Å². The number of rotatable bonds is 0. The van der Waals surface area contributed by atoms with Gasteiger partial charge in [-0.3, -0.25) is 14.5 Å². The smallest absolute Gasteiger partial charge is 0.261 e. The van der Waals surface area contributed by atoms with Crippen molar-refractivity contribution >= 4 is 11.8 Å². The van der Waals surface area contributed by atoms with E-state index in [-0.39, 0.29) is 11.8 Å². The first kappa shape index (κ1) is 7.03. The van der Waals surface area contributed by atoms with E-state index in [0.29, 0.717) is 11.1 Å². The number of amides is 2. The van der Waals surface area contributed by atoms with Gasteiger partial charge in [-0.15, -0.1) is 0 Å². The minimum absolute atomic E-state index is 0.244. The Morgan fingerprint density at radius 2 is 2.08 bits per heavy atom. The van der Waals surface area contributed by atoms with Gasteiger partial charge in [-0.1, -0.05) is 12.1 Å². The van der Waals surface area contributed by atoms with Crippen LogP contribution in [-0.4, -0.2) is 23.8 Å². The molecule has 12 heavy (non-hydrogen) atoms. The van der Waals surface area contributed by atoms with Crippen molar-refractivity contribution in [1.82, 2.24) is 4.90 Å². The third kappa shape index (κ3) is 0.704. The number of imide groups is 1. The molecule has 0 saturated heterocycles. The maximum Gasteiger partial charge on any atom is 0.261 e. The Morgan fingerprint density at radius 3 is 2.75 bits per heavy atom. The van der Waals surface area contributed by atoms with Crippen molar-refractivity contribution in [2.45, 2.75) is 0 Å². The van der Waals surface area contributed by atoms with Crippen LogP contribution in [0.15, 0.2) is 18.2 Å². The predicted octanol–water partition coefficient (Wildman–Crippen LogP) is 0.713. The lowest BCUT2D eigenvalue weighted by molar-refractivity contribution is 0.0693. The zero-order valence-electron chi connectivity index (χ0n) is 6.50. The van der Waals surface area contributed by atoms with Crippen molar-refractivity contribution in [1.29, 1.82) is 0 Å². The van der Waals surface area contributed by atoms with Gasteiger partial charge in [0, 0.05) is 7.05 Å². The number of carbonyl (C=O) groups excluding carboxylic acids is 2. The molecule has 0 atom stereocenters. The largest absolute Gasteiger partial charge is 0.277 e. The molecule has 2 rings (SSSR count). The minimum Gasteiger partial charge on any atom is -0.277 e. The van der Waals surface area contributed by atoms with Gasteiger partial charge >= 0.3 is 0 Å². The molecule has 1 aromatic carbocycles. The predicted molar refractivity (Wildman–Crippen MR) is 41.7 cm³/mol. The molecule has 59 valence electrons. The topological polar surface area (TPSA) is 37.4 Å². The number of benzene rings is 1. The van der Waals surface area contributed by atoms with E-state index < -0.39 is 0 Å². The SMILES string of the molecule is CN1C(=O)c2[c]cccc2C1=O. The summed E-state index contributed by atoms with van der Waals surface area (Å²) in [5.41, 5.74) is 0.829. The fourth-order valence-corrected chi connectivity index (χ4v) is 1.23. The Hall–Kier alpha value is -1.64. The maximum absolute atomic E-state index is 11.3. The maximum atomic E-state index is 11.3. The van der Waals surface area contributed by atoms with Gasteiger partial charge in [0.05, 0.1) is 11.1 Å². The second-order valence-corrected chi connectivity index (χ2v) is 2.63. The molecule has 0 unspecified atom stereocenters. The molecule has 0 bridgehead atoms. The van der Waals surface area contributed by atoms with E-state index in [1.54, 1.807) is 18.2 Å². The van der Waals surface area contributed by atoms with Gasteiger partial charge in [0.1, 0.15) is 0 Å². The highest BCUT2D eigenvalue weighted by atomic mass is 16.2. The zero-order valence-corrected chi connectivity index (χ0v) is 6.50. The molecule has 1 heterocycles. The zero-order chi connectivity index (χ0) is 8.72. The third-order valence-corrected chi connectivity index (χ3v) is 1.91. The molecule has 0 spiro atoms. The normalized spacial score (nSPS) is 15.2. The van der Waals surface area contributed by atoms with Crippen molar-refractivity contribution in [3.8, 4) is 0 Å². The van der Waals surface area contributed by atoms with Crippen molar-refractivity contribution in [2.24, 2.45) is 0 Å². The molecule has 1 radical (unpaired) electrons. The highest BCUT2D eigenvalue weighted by molar-refractivity contribution is 6.20. The van der Waals surface area contributed by atoms with E-state index in [4.69, 9.17) is 0 Å². The molecule has 0 aromatic heterocycles. The first-order chi connectivity index (χ1) is 5.72. The molecule has 1 aromatic rings. The molecular formula is C9H6NO2. The average Bonchev–Trinajstić information content (AvgIpc) is 2.33. The summed E-state index contributed by atoms with van der Waals surface area (Å²) in [5.74, 6) is -0.512. The number of hydrogen-bond acceptors (Lipinski definition) is 2. The summed E-state index contributed by atoms with van der Waals surface area (Å²) in [6.07, 6.45) is 0. The lowest BCUT2D eigenvalue weighted by Crippen LogP contribution is -2.24. The van der Waals surface area contributed by atoms with Crippen LogP contribution in [0, 0.1) is 6.07 Å². The summed E-state index contributed by atoms with van der Waals surface area (Å²) in [5, 5.41) is 0. The summed E-state index contributed by atoms with van der Waals surface area (Å²) >= 11 is 0. The van der Waals surface area contributed by atoms with Crippen LogP contribution in [0.4, 0.5) is 0 Å². The Morgan fingerprint density at radius 1 is 1.33 bits per heavy atom. The van der Waals surface area contributed by atoms with Gasteiger partial charge in [-0.2, -0.15) is 0 Å². The van der Waals surface area contributed by atoms with Crippen LogP contribution in [0.2, 0.25) is 0 Å². The van der Waals surface area contributed by atoms with Gasteiger partial charge in [-0.05, 0) is 12.1 Å². The van der Waals surface area contributed by atoms with Crippen LogP contribution < -0.4 is 0 Å². The van der Waals surface area contributed by atoms with Crippen LogP contribution in [-0.2, 0) is 0 Å². The van der Waals surface area contributed by atoms with E-state index in [1.165, 1.54) is 7.05 Å². The molecular weight excluding hydrogens is 154 g/mol. The van der Waals surface area contributed by atoms with Gasteiger partial charge < -0.3 is 0 Å². The van der Waals surface area contributed by atoms with E-state index in [9.17, 15) is 9.59 Å². The van der Waals surface area contributed by atoms with E-state index in [0.717, 1.165) is 4.90 Å². The Bertz CT molecular complexity index is 336. The lowest BCUT2D eigenvalue weighted by Gasteiger charge is -2.02. The molecule has 2 amide bonds. The molecule has 1 aliphatic heterocycles. The number of hydrogen-bond donors (Lipinski definition) is 0. The quantitative estimate of drug-likeness (QED) is 0.524. The second kappa shape index (κ2) is 2.17. The van der Waals surface area contributed by atoms with E-state index in [2.05, 4.69) is 6.07 Å². The van der Waals surface area contributed by atoms with Crippen LogP contribution in [0.1, 0.15) is 20.7 Å². The number of nitrogens with zero attached hydrogens (tertiary/aromatic N) is 1. The molecule has 0 aliphatic carbocycles. The summed E-state index contributed by atoms with van der Waals surface area (Å²) in [6, 6.07) is 7.71. The van der Waals surface area contributed by atoms with Gasteiger partial charge in [0.15, 0.2) is 0 Å². The molecule has 0 N–H and O–H groups in total. The fourth-order valence-electron chi connectivity index (χ4n) is 1.23. The number of fused-ring (bicyclic) bond motifs is 1. The summed E-state index contributed by atoms with van der Waals surface area (Å²) in [6.45, 7) is 0. The molecule has 1 aliphatic rings. The third-order valence-electron chi connectivity index (χ3n) is 1.91. The van der Waals surface area contributed by atoms with Crippen LogP contribution in [0.5, 0.6) is 0 Å². The highest BCUT2D eigenvalue weighted by Crippen LogP contribution is 2.19. The number of carbonyl (C=O) groups is 2. The van der Waals surface area contributed by atoms with Crippen molar-refractivity contribution < 1.29 is 9.59 Å².